The van der Waals surface area contributed by atoms with Crippen molar-refractivity contribution in [1.82, 2.24) is 14.8 Å². The molecule has 0 amide bonds. The molecule has 0 aliphatic rings. The van der Waals surface area contributed by atoms with Gasteiger partial charge in [0.25, 0.3) is 0 Å². The highest BCUT2D eigenvalue weighted by molar-refractivity contribution is 5.81. The number of aliphatic carboxylic acids is 2. The van der Waals surface area contributed by atoms with Gasteiger partial charge in [-0.1, -0.05) is 72.8 Å². The van der Waals surface area contributed by atoms with Crippen molar-refractivity contribution >= 4 is 18.2 Å². The number of rotatable bonds is 9. The lowest BCUT2D eigenvalue weighted by atomic mass is 10.1. The fraction of sp³-hybridized carbons (Fsp3) is 0.0769. The lowest BCUT2D eigenvalue weighted by Gasteiger charge is -2.13. The van der Waals surface area contributed by atoms with E-state index in [2.05, 4.69) is 11.2 Å². The summed E-state index contributed by atoms with van der Waals surface area (Å²) in [4.78, 5) is 21.9. The molecule has 4 rings (SSSR count). The number of carboxylic acid groups (broad SMARTS) is 2. The molecule has 8 heteroatoms. The zero-order valence-electron chi connectivity index (χ0n) is 18.2. The minimum Gasteiger partial charge on any atom is -0.480 e. The third-order valence-electron chi connectivity index (χ3n) is 4.99. The number of nitrogens with zero attached hydrogens (tertiary/aromatic N) is 4. The van der Waals surface area contributed by atoms with Crippen LogP contribution in [0.25, 0.3) is 28.2 Å². The zero-order chi connectivity index (χ0) is 23.9. The van der Waals surface area contributed by atoms with E-state index in [4.69, 9.17) is 15.3 Å². The molecular formula is C26H22N4O4. The van der Waals surface area contributed by atoms with Crippen LogP contribution in [-0.2, 0) is 9.59 Å². The van der Waals surface area contributed by atoms with Crippen LogP contribution in [0, 0.1) is 0 Å². The minimum atomic E-state index is -1.16. The first-order valence-electron chi connectivity index (χ1n) is 10.5. The van der Waals surface area contributed by atoms with Crippen LogP contribution in [0.2, 0.25) is 0 Å². The molecule has 0 bridgehead atoms. The molecule has 0 unspecified atom stereocenters. The topological polar surface area (TPSA) is 108 Å². The molecule has 8 nitrogen and oxygen atoms in total. The van der Waals surface area contributed by atoms with Crippen molar-refractivity contribution in [1.29, 1.82) is 0 Å². The zero-order valence-corrected chi connectivity index (χ0v) is 18.2. The summed E-state index contributed by atoms with van der Waals surface area (Å²) >= 11 is 0. The lowest BCUT2D eigenvalue weighted by Crippen LogP contribution is -2.30. The molecule has 0 saturated carbocycles. The van der Waals surface area contributed by atoms with Crippen LogP contribution in [0.4, 0.5) is 0 Å². The van der Waals surface area contributed by atoms with Gasteiger partial charge in [-0.2, -0.15) is 10.2 Å². The van der Waals surface area contributed by atoms with Gasteiger partial charge in [-0.25, -0.2) is 4.68 Å². The number of hydrazone groups is 1. The number of benzene rings is 3. The molecular weight excluding hydrogens is 432 g/mol. The Balaban J connectivity index is 1.65. The van der Waals surface area contributed by atoms with Crippen molar-refractivity contribution in [3.05, 3.63) is 96.6 Å². The van der Waals surface area contributed by atoms with E-state index in [1.807, 2.05) is 89.6 Å². The molecule has 170 valence electrons. The normalized spacial score (nSPS) is 10.9. The van der Waals surface area contributed by atoms with Crippen LogP contribution in [0.1, 0.15) is 5.56 Å². The van der Waals surface area contributed by atoms with E-state index in [0.717, 1.165) is 33.2 Å². The number of hydrogen-bond acceptors (Lipinski definition) is 5. The molecule has 34 heavy (non-hydrogen) atoms. The average molecular weight is 454 g/mol. The average Bonchev–Trinajstić information content (AvgIpc) is 3.29. The predicted molar refractivity (Wildman–Crippen MR) is 129 cm³/mol. The summed E-state index contributed by atoms with van der Waals surface area (Å²) in [5.74, 6) is -2.31. The van der Waals surface area contributed by atoms with Gasteiger partial charge in [-0.3, -0.25) is 14.6 Å². The van der Waals surface area contributed by atoms with E-state index in [0.29, 0.717) is 5.56 Å². The van der Waals surface area contributed by atoms with Crippen molar-refractivity contribution in [2.24, 2.45) is 5.10 Å². The highest BCUT2D eigenvalue weighted by atomic mass is 16.4. The Morgan fingerprint density at radius 1 is 0.824 bits per heavy atom. The van der Waals surface area contributed by atoms with Gasteiger partial charge in [-0.15, -0.1) is 0 Å². The van der Waals surface area contributed by atoms with E-state index >= 15 is 0 Å². The van der Waals surface area contributed by atoms with E-state index in [9.17, 15) is 9.59 Å². The molecule has 0 spiro atoms. The lowest BCUT2D eigenvalue weighted by molar-refractivity contribution is -0.141. The van der Waals surface area contributed by atoms with Gasteiger partial charge in [0.2, 0.25) is 0 Å². The second kappa shape index (κ2) is 10.3. The van der Waals surface area contributed by atoms with Crippen LogP contribution < -0.4 is 0 Å². The Labute approximate surface area is 196 Å². The minimum absolute atomic E-state index is 0.503. The Morgan fingerprint density at radius 2 is 1.38 bits per heavy atom. The van der Waals surface area contributed by atoms with E-state index in [1.54, 1.807) is 0 Å². The molecule has 0 aliphatic carbocycles. The van der Waals surface area contributed by atoms with Crippen molar-refractivity contribution in [3.63, 3.8) is 0 Å². The molecule has 1 heterocycles. The number of carbonyl (C=O) groups is 2. The van der Waals surface area contributed by atoms with Crippen LogP contribution in [-0.4, -0.2) is 56.2 Å². The molecule has 3 aromatic carbocycles. The maximum atomic E-state index is 10.9. The largest absolute Gasteiger partial charge is 0.480 e. The van der Waals surface area contributed by atoms with Gasteiger partial charge in [-0.05, 0) is 23.8 Å². The van der Waals surface area contributed by atoms with E-state index in [-0.39, 0.29) is 0 Å². The van der Waals surface area contributed by atoms with E-state index in [1.165, 1.54) is 6.21 Å². The van der Waals surface area contributed by atoms with Gasteiger partial charge in [0.05, 0.1) is 23.3 Å². The molecule has 0 atom stereocenters. The maximum Gasteiger partial charge on any atom is 0.324 e. The standard InChI is InChI=1S/C26H22N4O4/c31-25(32)17-29(18-26(33)34)27-16-19-11-13-22(14-12-19)30-24(21-9-5-2-6-10-21)15-23(28-30)20-7-3-1-4-8-20/h1-16H,17-18H2,(H,31,32)(H,33,34)/b27-16-. The third-order valence-corrected chi connectivity index (χ3v) is 4.99. The first-order valence-corrected chi connectivity index (χ1v) is 10.5. The quantitative estimate of drug-likeness (QED) is 0.292. The maximum absolute atomic E-state index is 10.9. The van der Waals surface area contributed by atoms with Gasteiger partial charge in [0, 0.05) is 11.1 Å². The molecule has 0 saturated heterocycles. The van der Waals surface area contributed by atoms with Crippen LogP contribution in [0.15, 0.2) is 96.1 Å². The van der Waals surface area contributed by atoms with E-state index < -0.39 is 25.0 Å². The van der Waals surface area contributed by atoms with Gasteiger partial charge in [0.15, 0.2) is 0 Å². The molecule has 0 aliphatic heterocycles. The first kappa shape index (κ1) is 22.5. The summed E-state index contributed by atoms with van der Waals surface area (Å²) in [5.41, 5.74) is 5.37. The summed E-state index contributed by atoms with van der Waals surface area (Å²) in [5, 5.41) is 27.7. The second-order valence-electron chi connectivity index (χ2n) is 7.50. The van der Waals surface area contributed by atoms with Crippen molar-refractivity contribution in [3.8, 4) is 28.2 Å². The Bertz CT molecular complexity index is 1280. The van der Waals surface area contributed by atoms with Crippen molar-refractivity contribution < 1.29 is 19.8 Å². The van der Waals surface area contributed by atoms with Crippen molar-refractivity contribution in [2.45, 2.75) is 0 Å². The predicted octanol–water partition coefficient (Wildman–Crippen LogP) is 4.01. The summed E-state index contributed by atoms with van der Waals surface area (Å²) in [6.07, 6.45) is 1.44. The highest BCUT2D eigenvalue weighted by Gasteiger charge is 2.13. The number of carboxylic acids is 2. The summed E-state index contributed by atoms with van der Waals surface area (Å²) < 4.78 is 1.87. The molecule has 4 aromatic rings. The monoisotopic (exact) mass is 454 g/mol. The summed E-state index contributed by atoms with van der Waals surface area (Å²) in [7, 11) is 0. The third kappa shape index (κ3) is 5.55. The molecule has 2 N–H and O–H groups in total. The van der Waals surface area contributed by atoms with Gasteiger partial charge in [0.1, 0.15) is 13.1 Å². The Morgan fingerprint density at radius 3 is 1.94 bits per heavy atom. The van der Waals surface area contributed by atoms with Crippen molar-refractivity contribution in [2.75, 3.05) is 13.1 Å². The summed E-state index contributed by atoms with van der Waals surface area (Å²) in [6.45, 7) is -1.01. The fourth-order valence-electron chi connectivity index (χ4n) is 3.44. The first-order chi connectivity index (χ1) is 16.5. The smallest absolute Gasteiger partial charge is 0.324 e. The molecule has 0 fully saturated rings. The van der Waals surface area contributed by atoms with Crippen LogP contribution >= 0.6 is 0 Å². The summed E-state index contributed by atoms with van der Waals surface area (Å²) in [6, 6.07) is 29.4. The highest BCUT2D eigenvalue weighted by Crippen LogP contribution is 2.28. The number of hydrogen-bond donors (Lipinski definition) is 2. The van der Waals surface area contributed by atoms with Crippen LogP contribution in [0.5, 0.6) is 0 Å². The van der Waals surface area contributed by atoms with Gasteiger partial charge < -0.3 is 10.2 Å². The Hall–Kier alpha value is -4.72. The second-order valence-corrected chi connectivity index (χ2v) is 7.50. The number of aromatic nitrogens is 2. The Kier molecular flexibility index (Phi) is 6.78. The van der Waals surface area contributed by atoms with Crippen LogP contribution in [0.3, 0.4) is 0 Å². The fourth-order valence-corrected chi connectivity index (χ4v) is 3.44. The molecule has 1 aromatic heterocycles. The van der Waals surface area contributed by atoms with Gasteiger partial charge >= 0.3 is 11.9 Å². The molecule has 0 radical (unpaired) electrons. The SMILES string of the molecule is O=C(O)CN(CC(=O)O)/N=C\c1ccc(-n2nc(-c3ccccc3)cc2-c2ccccc2)cc1.